The predicted molar refractivity (Wildman–Crippen MR) is 163 cm³/mol. The number of rotatable bonds is 13. The molecular weight excluding hydrogens is 520 g/mol. The van der Waals surface area contributed by atoms with Gasteiger partial charge in [-0.15, -0.1) is 11.8 Å². The van der Waals surface area contributed by atoms with Crippen molar-refractivity contribution in [2.75, 3.05) is 13.7 Å². The molecule has 0 spiro atoms. The SMILES string of the molecule is CCOC(=O)Cc1c(SCc2cccc(C[C@H](N)C(=O)/C=C(/CC)c3ccc(OC)cc3)c2)[nH]c2ccccc12. The van der Waals surface area contributed by atoms with Crippen LogP contribution in [0.5, 0.6) is 5.75 Å². The maximum Gasteiger partial charge on any atom is 0.310 e. The number of nitrogens with one attached hydrogen (secondary N) is 1. The first-order valence-electron chi connectivity index (χ1n) is 13.5. The number of carbonyl (C=O) groups excluding carboxylic acids is 2. The van der Waals surface area contributed by atoms with Crippen LogP contribution in [0.3, 0.4) is 0 Å². The number of carbonyl (C=O) groups is 2. The fourth-order valence-electron chi connectivity index (χ4n) is 4.66. The summed E-state index contributed by atoms with van der Waals surface area (Å²) in [5.74, 6) is 1.16. The van der Waals surface area contributed by atoms with E-state index >= 15 is 0 Å². The standard InChI is InChI=1S/C33H36N2O4S/c1-4-24(25-13-15-26(38-3)16-14-25)19-31(36)29(34)18-22-9-8-10-23(17-22)21-40-33-28(20-32(37)39-5-2)27-11-6-7-12-30(27)35-33/h6-17,19,29,35H,4-5,18,20-21,34H2,1-3H3/b24-19-/t29-/m0/s1. The molecule has 1 atom stereocenters. The minimum atomic E-state index is -0.632. The molecule has 0 unspecified atom stereocenters. The zero-order valence-electron chi connectivity index (χ0n) is 23.2. The van der Waals surface area contributed by atoms with E-state index in [1.165, 1.54) is 0 Å². The number of para-hydroxylation sites is 1. The van der Waals surface area contributed by atoms with E-state index in [2.05, 4.69) is 17.1 Å². The Bertz CT molecular complexity index is 1490. The van der Waals surface area contributed by atoms with E-state index < -0.39 is 6.04 Å². The number of hydrogen-bond donors (Lipinski definition) is 2. The van der Waals surface area contributed by atoms with E-state index in [-0.39, 0.29) is 18.2 Å². The minimum Gasteiger partial charge on any atom is -0.497 e. The highest BCUT2D eigenvalue weighted by Crippen LogP contribution is 2.32. The number of nitrogens with two attached hydrogens (primary N) is 1. The molecule has 6 nitrogen and oxygen atoms in total. The Labute approximate surface area is 240 Å². The number of methoxy groups -OCH3 is 1. The second-order valence-electron chi connectivity index (χ2n) is 9.53. The molecule has 0 bridgehead atoms. The molecule has 0 aliphatic heterocycles. The molecule has 7 heteroatoms. The molecule has 1 heterocycles. The maximum absolute atomic E-state index is 13.0. The van der Waals surface area contributed by atoms with E-state index in [9.17, 15) is 9.59 Å². The number of ketones is 1. The predicted octanol–water partition coefficient (Wildman–Crippen LogP) is 6.51. The Kier molecular flexibility index (Phi) is 10.2. The zero-order chi connectivity index (χ0) is 28.5. The van der Waals surface area contributed by atoms with Crippen LogP contribution in [-0.2, 0) is 32.9 Å². The number of aromatic nitrogens is 1. The lowest BCUT2D eigenvalue weighted by Crippen LogP contribution is -2.31. The van der Waals surface area contributed by atoms with Gasteiger partial charge < -0.3 is 20.2 Å². The Morgan fingerprint density at radius 1 is 1.00 bits per heavy atom. The summed E-state index contributed by atoms with van der Waals surface area (Å²) in [7, 11) is 1.63. The summed E-state index contributed by atoms with van der Waals surface area (Å²) >= 11 is 1.65. The summed E-state index contributed by atoms with van der Waals surface area (Å²) in [5.41, 5.74) is 12.4. The van der Waals surface area contributed by atoms with Crippen molar-refractivity contribution in [1.29, 1.82) is 0 Å². The molecule has 208 valence electrons. The van der Waals surface area contributed by atoms with Gasteiger partial charge in [-0.1, -0.05) is 61.5 Å². The number of fused-ring (bicyclic) bond motifs is 1. The van der Waals surface area contributed by atoms with Crippen molar-refractivity contribution in [2.45, 2.75) is 49.9 Å². The van der Waals surface area contributed by atoms with Crippen LogP contribution in [0, 0.1) is 0 Å². The third-order valence-electron chi connectivity index (χ3n) is 6.75. The van der Waals surface area contributed by atoms with Gasteiger partial charge >= 0.3 is 5.97 Å². The van der Waals surface area contributed by atoms with Crippen molar-refractivity contribution >= 4 is 40.0 Å². The molecule has 0 saturated heterocycles. The lowest BCUT2D eigenvalue weighted by Gasteiger charge is -2.12. The van der Waals surface area contributed by atoms with E-state index in [0.29, 0.717) is 18.8 Å². The molecule has 4 rings (SSSR count). The number of ether oxygens (including phenoxy) is 2. The largest absolute Gasteiger partial charge is 0.497 e. The van der Waals surface area contributed by atoms with Crippen LogP contribution in [0.2, 0.25) is 0 Å². The van der Waals surface area contributed by atoms with Gasteiger partial charge in [0, 0.05) is 22.2 Å². The van der Waals surface area contributed by atoms with E-state index in [1.807, 2.05) is 74.5 Å². The van der Waals surface area contributed by atoms with Gasteiger partial charge in [-0.2, -0.15) is 0 Å². The molecule has 0 aliphatic carbocycles. The van der Waals surface area contributed by atoms with Crippen LogP contribution in [0.1, 0.15) is 42.5 Å². The van der Waals surface area contributed by atoms with Gasteiger partial charge in [-0.3, -0.25) is 9.59 Å². The van der Waals surface area contributed by atoms with Gasteiger partial charge in [0.15, 0.2) is 5.78 Å². The number of benzene rings is 3. The summed E-state index contributed by atoms with van der Waals surface area (Å²) in [5, 5.41) is 1.99. The molecule has 4 aromatic rings. The van der Waals surface area contributed by atoms with Crippen molar-refractivity contribution in [3.8, 4) is 5.75 Å². The number of aromatic amines is 1. The van der Waals surface area contributed by atoms with Gasteiger partial charge in [0.25, 0.3) is 0 Å². The number of hydrogen-bond acceptors (Lipinski definition) is 6. The van der Waals surface area contributed by atoms with Gasteiger partial charge in [0.2, 0.25) is 0 Å². The summed E-state index contributed by atoms with van der Waals surface area (Å²) in [6.45, 7) is 4.20. The summed E-state index contributed by atoms with van der Waals surface area (Å²) < 4.78 is 10.4. The lowest BCUT2D eigenvalue weighted by atomic mass is 9.97. The first kappa shape index (κ1) is 29.2. The minimum absolute atomic E-state index is 0.0888. The molecule has 0 aliphatic rings. The fourth-order valence-corrected chi connectivity index (χ4v) is 5.69. The third-order valence-corrected chi connectivity index (χ3v) is 7.87. The van der Waals surface area contributed by atoms with E-state index in [0.717, 1.165) is 55.9 Å². The van der Waals surface area contributed by atoms with Gasteiger partial charge in [-0.25, -0.2) is 0 Å². The average molecular weight is 557 g/mol. The molecule has 3 aromatic carbocycles. The van der Waals surface area contributed by atoms with E-state index in [1.54, 1.807) is 24.9 Å². The van der Waals surface area contributed by atoms with Crippen molar-refractivity contribution in [2.24, 2.45) is 5.73 Å². The van der Waals surface area contributed by atoms with Crippen LogP contribution in [0.15, 0.2) is 83.9 Å². The highest BCUT2D eigenvalue weighted by atomic mass is 32.2. The normalized spacial score (nSPS) is 12.3. The van der Waals surface area contributed by atoms with Gasteiger partial charge in [0.1, 0.15) is 5.75 Å². The van der Waals surface area contributed by atoms with Crippen LogP contribution in [0.25, 0.3) is 16.5 Å². The zero-order valence-corrected chi connectivity index (χ0v) is 24.1. The molecule has 0 amide bonds. The highest BCUT2D eigenvalue weighted by molar-refractivity contribution is 7.98. The van der Waals surface area contributed by atoms with Crippen LogP contribution in [0.4, 0.5) is 0 Å². The lowest BCUT2D eigenvalue weighted by molar-refractivity contribution is -0.142. The first-order chi connectivity index (χ1) is 19.4. The van der Waals surface area contributed by atoms with Crippen LogP contribution >= 0.6 is 11.8 Å². The molecular formula is C33H36N2O4S. The monoisotopic (exact) mass is 556 g/mol. The van der Waals surface area contributed by atoms with Crippen LogP contribution in [-0.4, -0.2) is 36.5 Å². The summed E-state index contributed by atoms with van der Waals surface area (Å²) in [6.07, 6.45) is 3.07. The quantitative estimate of drug-likeness (QED) is 0.111. The second-order valence-corrected chi connectivity index (χ2v) is 10.5. The van der Waals surface area contributed by atoms with E-state index in [4.69, 9.17) is 15.2 Å². The van der Waals surface area contributed by atoms with Crippen molar-refractivity contribution in [3.63, 3.8) is 0 Å². The molecule has 3 N–H and O–H groups in total. The Morgan fingerprint density at radius 3 is 2.48 bits per heavy atom. The number of thioether (sulfide) groups is 1. The maximum atomic E-state index is 13.0. The molecule has 40 heavy (non-hydrogen) atoms. The number of H-pyrrole nitrogens is 1. The molecule has 1 aromatic heterocycles. The van der Waals surface area contributed by atoms with Crippen molar-refractivity contribution in [1.82, 2.24) is 4.98 Å². The highest BCUT2D eigenvalue weighted by Gasteiger charge is 2.17. The summed E-state index contributed by atoms with van der Waals surface area (Å²) in [6, 6.07) is 23.2. The third kappa shape index (κ3) is 7.43. The Balaban J connectivity index is 1.43. The number of esters is 1. The fraction of sp³-hybridized carbons (Fsp3) is 0.273. The Morgan fingerprint density at radius 2 is 1.75 bits per heavy atom. The van der Waals surface area contributed by atoms with Crippen LogP contribution < -0.4 is 10.5 Å². The average Bonchev–Trinajstić information content (AvgIpc) is 3.32. The smallest absolute Gasteiger partial charge is 0.310 e. The summed E-state index contributed by atoms with van der Waals surface area (Å²) in [4.78, 5) is 28.7. The number of allylic oxidation sites excluding steroid dienone is 1. The van der Waals surface area contributed by atoms with Crippen molar-refractivity contribution < 1.29 is 19.1 Å². The van der Waals surface area contributed by atoms with Gasteiger partial charge in [0.05, 0.1) is 31.2 Å². The Hall–Kier alpha value is -3.81. The second kappa shape index (κ2) is 14.0. The first-order valence-corrected chi connectivity index (χ1v) is 14.5. The molecule has 0 fully saturated rings. The topological polar surface area (TPSA) is 94.4 Å². The molecule has 0 radical (unpaired) electrons. The van der Waals surface area contributed by atoms with Gasteiger partial charge in [-0.05, 0) is 66.3 Å². The van der Waals surface area contributed by atoms with Crippen molar-refractivity contribution in [3.05, 3.63) is 101 Å². The molecule has 0 saturated carbocycles.